The summed E-state index contributed by atoms with van der Waals surface area (Å²) in [6.45, 7) is 0.338. The number of carbonyl (C=O) groups excluding carboxylic acids is 1. The van der Waals surface area contributed by atoms with Crippen LogP contribution in [-0.2, 0) is 12.8 Å². The summed E-state index contributed by atoms with van der Waals surface area (Å²) in [7, 11) is 0. The van der Waals surface area contributed by atoms with Gasteiger partial charge >= 0.3 is 6.18 Å². The number of rotatable bonds is 6. The molecule has 0 amide bonds. The lowest BCUT2D eigenvalue weighted by molar-refractivity contribution is -0.137. The summed E-state index contributed by atoms with van der Waals surface area (Å²) >= 11 is 1.99. The van der Waals surface area contributed by atoms with Crippen LogP contribution in [0.15, 0.2) is 81.6 Å². The monoisotopic (exact) mass is 513 g/mol. The van der Waals surface area contributed by atoms with Gasteiger partial charge in [-0.2, -0.15) is 13.2 Å². The minimum Gasteiger partial charge on any atom is -0.489 e. The average molecular weight is 514 g/mol. The molecular formula is C24H14F3N3O3S2. The minimum atomic E-state index is -4.47. The van der Waals surface area contributed by atoms with Crippen LogP contribution in [0.4, 0.5) is 13.2 Å². The number of fused-ring (bicyclic) bond motifs is 1. The number of benzene rings is 3. The van der Waals surface area contributed by atoms with Gasteiger partial charge in [0, 0.05) is 15.8 Å². The average Bonchev–Trinajstić information content (AvgIpc) is 3.52. The first-order chi connectivity index (χ1) is 16.8. The van der Waals surface area contributed by atoms with Crippen molar-refractivity contribution in [3.8, 4) is 16.3 Å². The second kappa shape index (κ2) is 9.51. The van der Waals surface area contributed by atoms with Gasteiger partial charge in [-0.15, -0.1) is 11.3 Å². The van der Waals surface area contributed by atoms with Gasteiger partial charge < -0.3 is 4.74 Å². The SMILES string of the molecule is O=C(Sc1cccc(C(F)(F)F)c1)c1csc(-c2ccc(OCc3ccc4nonc4c3)cc2)n1. The molecule has 5 rings (SSSR count). The van der Waals surface area contributed by atoms with E-state index < -0.39 is 16.9 Å². The number of thiazole rings is 1. The summed E-state index contributed by atoms with van der Waals surface area (Å²) in [4.78, 5) is 17.1. The molecule has 176 valence electrons. The fraction of sp³-hybridized carbons (Fsp3) is 0.0833. The van der Waals surface area contributed by atoms with Crippen molar-refractivity contribution in [3.05, 3.63) is 88.9 Å². The highest BCUT2D eigenvalue weighted by Gasteiger charge is 2.30. The molecule has 2 heterocycles. The van der Waals surface area contributed by atoms with Crippen molar-refractivity contribution in [1.29, 1.82) is 0 Å². The van der Waals surface area contributed by atoms with E-state index in [9.17, 15) is 18.0 Å². The standard InChI is InChI=1S/C24H14F3N3O3S2/c25-24(26,27)16-2-1-3-18(11-16)35-23(31)21-13-34-22(28-21)15-5-7-17(8-6-15)32-12-14-4-9-19-20(10-14)30-33-29-19/h1-11,13H,12H2. The van der Waals surface area contributed by atoms with E-state index in [1.54, 1.807) is 23.6 Å². The highest BCUT2D eigenvalue weighted by molar-refractivity contribution is 8.14. The van der Waals surface area contributed by atoms with Crippen molar-refractivity contribution < 1.29 is 27.3 Å². The van der Waals surface area contributed by atoms with E-state index in [-0.39, 0.29) is 10.6 Å². The first-order valence-corrected chi connectivity index (χ1v) is 11.8. The summed E-state index contributed by atoms with van der Waals surface area (Å²) in [6.07, 6.45) is -4.47. The Balaban J connectivity index is 1.22. The van der Waals surface area contributed by atoms with Gasteiger partial charge in [-0.05, 0) is 82.2 Å². The molecule has 0 spiro atoms. The van der Waals surface area contributed by atoms with Gasteiger partial charge in [0.25, 0.3) is 0 Å². The molecule has 0 N–H and O–H groups in total. The number of aromatic nitrogens is 3. The van der Waals surface area contributed by atoms with E-state index in [1.807, 2.05) is 24.3 Å². The van der Waals surface area contributed by atoms with Gasteiger partial charge in [0.2, 0.25) is 5.12 Å². The molecule has 11 heteroatoms. The number of nitrogens with zero attached hydrogens (tertiary/aromatic N) is 3. The summed E-state index contributed by atoms with van der Waals surface area (Å²) < 4.78 is 49.2. The van der Waals surface area contributed by atoms with Crippen LogP contribution in [0, 0.1) is 0 Å². The van der Waals surface area contributed by atoms with Crippen LogP contribution in [0.25, 0.3) is 21.6 Å². The molecule has 0 unspecified atom stereocenters. The minimum absolute atomic E-state index is 0.186. The molecule has 0 aliphatic carbocycles. The topological polar surface area (TPSA) is 78.1 Å². The van der Waals surface area contributed by atoms with Gasteiger partial charge in [-0.1, -0.05) is 12.1 Å². The fourth-order valence-corrected chi connectivity index (χ4v) is 4.81. The fourth-order valence-electron chi connectivity index (χ4n) is 3.17. The Labute approximate surface area is 204 Å². The molecule has 0 atom stereocenters. The highest BCUT2D eigenvalue weighted by Crippen LogP contribution is 2.34. The van der Waals surface area contributed by atoms with Crippen LogP contribution in [0.5, 0.6) is 5.75 Å². The van der Waals surface area contributed by atoms with E-state index in [1.165, 1.54) is 23.5 Å². The zero-order valence-corrected chi connectivity index (χ0v) is 19.3. The van der Waals surface area contributed by atoms with E-state index in [0.717, 1.165) is 23.3 Å². The summed E-state index contributed by atoms with van der Waals surface area (Å²) in [5, 5.41) is 9.37. The second-order valence-corrected chi connectivity index (χ2v) is 9.26. The number of thioether (sulfide) groups is 1. The molecule has 0 saturated heterocycles. The maximum absolute atomic E-state index is 12.9. The highest BCUT2D eigenvalue weighted by atomic mass is 32.2. The van der Waals surface area contributed by atoms with Crippen LogP contribution in [0.3, 0.4) is 0 Å². The van der Waals surface area contributed by atoms with Crippen LogP contribution in [0.1, 0.15) is 21.6 Å². The predicted octanol–water partition coefficient (Wildman–Crippen LogP) is 6.88. The van der Waals surface area contributed by atoms with Crippen molar-refractivity contribution in [2.24, 2.45) is 0 Å². The third kappa shape index (κ3) is 5.36. The molecule has 0 bridgehead atoms. The number of hydrogen-bond donors (Lipinski definition) is 0. The molecular weight excluding hydrogens is 499 g/mol. The second-order valence-electron chi connectivity index (χ2n) is 7.35. The van der Waals surface area contributed by atoms with Gasteiger partial charge in [0.05, 0.1) is 5.56 Å². The number of carbonyl (C=O) groups is 1. The smallest absolute Gasteiger partial charge is 0.416 e. The van der Waals surface area contributed by atoms with Crippen LogP contribution in [-0.4, -0.2) is 20.4 Å². The van der Waals surface area contributed by atoms with Gasteiger partial charge in [-0.3, -0.25) is 4.79 Å². The number of hydrogen-bond acceptors (Lipinski definition) is 8. The van der Waals surface area contributed by atoms with Crippen LogP contribution in [0.2, 0.25) is 0 Å². The Morgan fingerprint density at radius 1 is 1.00 bits per heavy atom. The largest absolute Gasteiger partial charge is 0.489 e. The lowest BCUT2D eigenvalue weighted by atomic mass is 10.2. The van der Waals surface area contributed by atoms with Crippen molar-refractivity contribution in [1.82, 2.24) is 15.3 Å². The lowest BCUT2D eigenvalue weighted by Crippen LogP contribution is -2.04. The Hall–Kier alpha value is -3.70. The first kappa shape index (κ1) is 23.1. The predicted molar refractivity (Wildman–Crippen MR) is 125 cm³/mol. The molecule has 35 heavy (non-hydrogen) atoms. The van der Waals surface area contributed by atoms with E-state index in [2.05, 4.69) is 15.3 Å². The van der Waals surface area contributed by atoms with E-state index >= 15 is 0 Å². The molecule has 0 aliphatic heterocycles. The number of ether oxygens (including phenoxy) is 1. The van der Waals surface area contributed by atoms with Crippen molar-refractivity contribution in [2.45, 2.75) is 17.7 Å². The molecule has 5 aromatic rings. The maximum Gasteiger partial charge on any atom is 0.416 e. The Morgan fingerprint density at radius 2 is 1.80 bits per heavy atom. The van der Waals surface area contributed by atoms with Gasteiger partial charge in [-0.25, -0.2) is 9.61 Å². The normalized spacial score (nSPS) is 11.6. The quantitative estimate of drug-likeness (QED) is 0.229. The van der Waals surface area contributed by atoms with Crippen molar-refractivity contribution in [3.63, 3.8) is 0 Å². The number of alkyl halides is 3. The molecule has 0 saturated carbocycles. The third-order valence-corrected chi connectivity index (χ3v) is 6.69. The van der Waals surface area contributed by atoms with Gasteiger partial charge in [0.15, 0.2) is 0 Å². The van der Waals surface area contributed by atoms with Crippen LogP contribution >= 0.6 is 23.1 Å². The van der Waals surface area contributed by atoms with Crippen LogP contribution < -0.4 is 4.74 Å². The maximum atomic E-state index is 12.9. The molecule has 3 aromatic carbocycles. The molecule has 0 fully saturated rings. The Bertz CT molecular complexity index is 1500. The van der Waals surface area contributed by atoms with E-state index in [4.69, 9.17) is 9.37 Å². The molecule has 2 aromatic heterocycles. The zero-order valence-electron chi connectivity index (χ0n) is 17.7. The summed E-state index contributed by atoms with van der Waals surface area (Å²) in [6, 6.07) is 17.4. The Morgan fingerprint density at radius 3 is 2.60 bits per heavy atom. The van der Waals surface area contributed by atoms with E-state index in [0.29, 0.717) is 40.2 Å². The summed E-state index contributed by atoms with van der Waals surface area (Å²) in [5.74, 6) is 0.653. The van der Waals surface area contributed by atoms with Crippen molar-refractivity contribution >= 4 is 39.2 Å². The first-order valence-electron chi connectivity index (χ1n) is 10.1. The van der Waals surface area contributed by atoms with Crippen molar-refractivity contribution in [2.75, 3.05) is 0 Å². The molecule has 0 aliphatic rings. The number of halogens is 3. The van der Waals surface area contributed by atoms with Gasteiger partial charge in [0.1, 0.15) is 34.1 Å². The molecule has 0 radical (unpaired) electrons. The zero-order chi connectivity index (χ0) is 24.4. The Kier molecular flexibility index (Phi) is 6.27. The summed E-state index contributed by atoms with van der Waals surface area (Å²) in [5.41, 5.74) is 2.42. The molecule has 6 nitrogen and oxygen atoms in total. The lowest BCUT2D eigenvalue weighted by Gasteiger charge is -2.07. The third-order valence-electron chi connectivity index (χ3n) is 4.91.